The van der Waals surface area contributed by atoms with Gasteiger partial charge in [-0.1, -0.05) is 6.92 Å². The maximum absolute atomic E-state index is 11.0. The molecule has 16 heavy (non-hydrogen) atoms. The molecule has 1 atom stereocenters. The fourth-order valence-corrected chi connectivity index (χ4v) is 1.50. The first kappa shape index (κ1) is 11.1. The lowest BCUT2D eigenvalue weighted by Crippen LogP contribution is -2.42. The molecule has 1 aromatic rings. The number of carbonyl (C=O) groups is 1. The average molecular weight is 224 g/mol. The van der Waals surface area contributed by atoms with Crippen LogP contribution >= 0.6 is 0 Å². The third kappa shape index (κ3) is 2.79. The zero-order chi connectivity index (χ0) is 11.6. The second kappa shape index (κ2) is 4.21. The highest BCUT2D eigenvalue weighted by Crippen LogP contribution is 2.44. The lowest BCUT2D eigenvalue weighted by molar-refractivity contribution is -0.140. The predicted molar refractivity (Wildman–Crippen MR) is 56.8 cm³/mol. The fourth-order valence-electron chi connectivity index (χ4n) is 1.50. The molecule has 1 heterocycles. The van der Waals surface area contributed by atoms with Crippen molar-refractivity contribution in [2.24, 2.45) is 5.41 Å². The maximum Gasteiger partial charge on any atom is 0.322 e. The molecule has 2 N–H and O–H groups in total. The first-order chi connectivity index (χ1) is 7.59. The molecule has 1 aliphatic rings. The van der Waals surface area contributed by atoms with Crippen LogP contribution in [0, 0.1) is 5.41 Å². The van der Waals surface area contributed by atoms with E-state index in [1.807, 2.05) is 0 Å². The molecule has 1 fully saturated rings. The van der Waals surface area contributed by atoms with Crippen LogP contribution in [0.5, 0.6) is 0 Å². The minimum Gasteiger partial charge on any atom is -0.480 e. The van der Waals surface area contributed by atoms with Crippen molar-refractivity contribution in [2.75, 3.05) is 6.54 Å². The normalized spacial score (nSPS) is 19.3. The molecule has 2 rings (SSSR count). The summed E-state index contributed by atoms with van der Waals surface area (Å²) >= 11 is 0. The van der Waals surface area contributed by atoms with Crippen molar-refractivity contribution >= 4 is 5.97 Å². The summed E-state index contributed by atoms with van der Waals surface area (Å²) < 4.78 is 1.53. The highest BCUT2D eigenvalue weighted by molar-refractivity contribution is 5.73. The van der Waals surface area contributed by atoms with Gasteiger partial charge in [0.2, 0.25) is 0 Å². The number of carboxylic acids is 1. The van der Waals surface area contributed by atoms with Crippen molar-refractivity contribution in [3.63, 3.8) is 0 Å². The van der Waals surface area contributed by atoms with Crippen molar-refractivity contribution in [2.45, 2.75) is 32.4 Å². The lowest BCUT2D eigenvalue weighted by Gasteiger charge is -2.16. The number of aromatic nitrogens is 3. The molecule has 1 aromatic heterocycles. The fraction of sp³-hybridized carbons (Fsp3) is 0.700. The highest BCUT2D eigenvalue weighted by atomic mass is 16.4. The van der Waals surface area contributed by atoms with Gasteiger partial charge in [0.05, 0.1) is 6.54 Å². The number of rotatable bonds is 6. The van der Waals surface area contributed by atoms with E-state index in [4.69, 9.17) is 5.11 Å². The van der Waals surface area contributed by atoms with Gasteiger partial charge in [-0.05, 0) is 18.3 Å². The third-order valence-electron chi connectivity index (χ3n) is 3.01. The van der Waals surface area contributed by atoms with Crippen LogP contribution in [0.15, 0.2) is 12.7 Å². The Kier molecular flexibility index (Phi) is 2.91. The van der Waals surface area contributed by atoms with E-state index in [-0.39, 0.29) is 0 Å². The van der Waals surface area contributed by atoms with E-state index in [0.717, 1.165) is 6.54 Å². The van der Waals surface area contributed by atoms with E-state index in [0.29, 0.717) is 12.0 Å². The molecule has 0 amide bonds. The minimum absolute atomic E-state index is 0.302. The van der Waals surface area contributed by atoms with Crippen LogP contribution in [0.1, 0.15) is 19.8 Å². The quantitative estimate of drug-likeness (QED) is 0.717. The van der Waals surface area contributed by atoms with Crippen molar-refractivity contribution in [3.05, 3.63) is 12.7 Å². The molecular formula is C10H16N4O2. The zero-order valence-corrected chi connectivity index (χ0v) is 9.26. The van der Waals surface area contributed by atoms with Crippen LogP contribution in [-0.2, 0) is 11.3 Å². The van der Waals surface area contributed by atoms with Gasteiger partial charge in [-0.25, -0.2) is 4.98 Å². The van der Waals surface area contributed by atoms with Crippen LogP contribution in [0.2, 0.25) is 0 Å². The molecule has 1 unspecified atom stereocenters. The Hall–Kier alpha value is -1.43. The van der Waals surface area contributed by atoms with Gasteiger partial charge in [0, 0.05) is 6.54 Å². The molecular weight excluding hydrogens is 208 g/mol. The number of aliphatic carboxylic acids is 1. The van der Waals surface area contributed by atoms with Gasteiger partial charge >= 0.3 is 5.97 Å². The Labute approximate surface area is 93.7 Å². The predicted octanol–water partition coefficient (Wildman–Crippen LogP) is 0.121. The van der Waals surface area contributed by atoms with E-state index in [1.54, 1.807) is 0 Å². The van der Waals surface area contributed by atoms with Gasteiger partial charge in [-0.15, -0.1) is 0 Å². The molecule has 6 nitrogen and oxygen atoms in total. The first-order valence-corrected chi connectivity index (χ1v) is 5.38. The number of hydrogen-bond donors (Lipinski definition) is 2. The Morgan fingerprint density at radius 2 is 2.44 bits per heavy atom. The SMILES string of the molecule is CC1(CNC(Cn2cncn2)C(=O)O)CC1. The van der Waals surface area contributed by atoms with Crippen molar-refractivity contribution in [1.82, 2.24) is 20.1 Å². The largest absolute Gasteiger partial charge is 0.480 e. The smallest absolute Gasteiger partial charge is 0.322 e. The summed E-state index contributed by atoms with van der Waals surface area (Å²) in [4.78, 5) is 14.8. The summed E-state index contributed by atoms with van der Waals surface area (Å²) in [6, 6.07) is -0.598. The number of nitrogens with zero attached hydrogens (tertiary/aromatic N) is 3. The lowest BCUT2D eigenvalue weighted by atomic mass is 10.1. The zero-order valence-electron chi connectivity index (χ0n) is 9.26. The summed E-state index contributed by atoms with van der Waals surface area (Å²) in [6.07, 6.45) is 5.28. The van der Waals surface area contributed by atoms with Crippen LogP contribution in [0.3, 0.4) is 0 Å². The highest BCUT2D eigenvalue weighted by Gasteiger charge is 2.37. The van der Waals surface area contributed by atoms with Crippen molar-refractivity contribution < 1.29 is 9.90 Å². The van der Waals surface area contributed by atoms with Gasteiger partial charge in [-0.3, -0.25) is 9.48 Å². The van der Waals surface area contributed by atoms with E-state index < -0.39 is 12.0 Å². The van der Waals surface area contributed by atoms with E-state index in [9.17, 15) is 4.79 Å². The Balaban J connectivity index is 1.87. The maximum atomic E-state index is 11.0. The van der Waals surface area contributed by atoms with Crippen LogP contribution in [0.25, 0.3) is 0 Å². The summed E-state index contributed by atoms with van der Waals surface area (Å²) in [5, 5.41) is 16.0. The van der Waals surface area contributed by atoms with E-state index >= 15 is 0 Å². The van der Waals surface area contributed by atoms with Gasteiger partial charge in [-0.2, -0.15) is 5.10 Å². The second-order valence-electron chi connectivity index (χ2n) is 4.70. The number of carboxylic acid groups (broad SMARTS) is 1. The summed E-state index contributed by atoms with van der Waals surface area (Å²) in [5.74, 6) is -0.847. The van der Waals surface area contributed by atoms with Crippen LogP contribution in [-0.4, -0.2) is 38.4 Å². The van der Waals surface area contributed by atoms with Gasteiger partial charge in [0.25, 0.3) is 0 Å². The summed E-state index contributed by atoms with van der Waals surface area (Å²) in [6.45, 7) is 3.22. The second-order valence-corrected chi connectivity index (χ2v) is 4.70. The third-order valence-corrected chi connectivity index (χ3v) is 3.01. The molecule has 88 valence electrons. The van der Waals surface area contributed by atoms with Crippen LogP contribution in [0.4, 0.5) is 0 Å². The van der Waals surface area contributed by atoms with Gasteiger partial charge in [0.15, 0.2) is 0 Å². The van der Waals surface area contributed by atoms with Crippen molar-refractivity contribution in [1.29, 1.82) is 0 Å². The molecule has 0 aliphatic heterocycles. The molecule has 0 saturated heterocycles. The Morgan fingerprint density at radius 1 is 1.69 bits per heavy atom. The molecule has 1 aliphatic carbocycles. The minimum atomic E-state index is -0.847. The van der Waals surface area contributed by atoms with Gasteiger partial charge in [0.1, 0.15) is 18.7 Å². The topological polar surface area (TPSA) is 80.0 Å². The van der Waals surface area contributed by atoms with E-state index in [1.165, 1.54) is 30.2 Å². The standard InChI is InChI=1S/C10H16N4O2/c1-10(2-3-10)5-12-8(9(15)16)4-14-7-11-6-13-14/h6-8,12H,2-5H2,1H3,(H,15,16). The summed E-state index contributed by atoms with van der Waals surface area (Å²) in [5.41, 5.74) is 0.302. The number of hydrogen-bond acceptors (Lipinski definition) is 4. The van der Waals surface area contributed by atoms with Crippen molar-refractivity contribution in [3.8, 4) is 0 Å². The van der Waals surface area contributed by atoms with Gasteiger partial charge < -0.3 is 10.4 Å². The van der Waals surface area contributed by atoms with E-state index in [2.05, 4.69) is 22.3 Å². The molecule has 6 heteroatoms. The number of nitrogens with one attached hydrogen (secondary N) is 1. The monoisotopic (exact) mass is 224 g/mol. The molecule has 0 radical (unpaired) electrons. The molecule has 0 spiro atoms. The molecule has 1 saturated carbocycles. The summed E-state index contributed by atoms with van der Waals surface area (Å²) in [7, 11) is 0. The first-order valence-electron chi connectivity index (χ1n) is 5.38. The average Bonchev–Trinajstić information content (AvgIpc) is 2.79. The van der Waals surface area contributed by atoms with Crippen LogP contribution < -0.4 is 5.32 Å². The molecule has 0 aromatic carbocycles. The Morgan fingerprint density at radius 3 is 2.94 bits per heavy atom. The Bertz CT molecular complexity index is 359. The molecule has 0 bridgehead atoms.